The summed E-state index contributed by atoms with van der Waals surface area (Å²) in [4.78, 5) is 0. The van der Waals surface area contributed by atoms with Crippen molar-refractivity contribution in [2.24, 2.45) is 0 Å². The number of aliphatic hydroxyl groups is 1. The highest BCUT2D eigenvalue weighted by Gasteiger charge is 2.18. The first-order chi connectivity index (χ1) is 9.92. The maximum absolute atomic E-state index is 12.4. The summed E-state index contributed by atoms with van der Waals surface area (Å²) in [7, 11) is -1.87. The van der Waals surface area contributed by atoms with Crippen molar-refractivity contribution in [2.75, 3.05) is 11.4 Å². The fourth-order valence-corrected chi connectivity index (χ4v) is 3.21. The first-order valence-corrected chi connectivity index (χ1v) is 8.25. The van der Waals surface area contributed by atoms with Gasteiger partial charge in [0.05, 0.1) is 18.0 Å². The van der Waals surface area contributed by atoms with Gasteiger partial charge in [0.2, 0.25) is 10.0 Å². The second-order valence-electron chi connectivity index (χ2n) is 5.03. The second-order valence-corrected chi connectivity index (χ2v) is 7.03. The van der Waals surface area contributed by atoms with Crippen LogP contribution in [0.15, 0.2) is 48.5 Å². The van der Waals surface area contributed by atoms with Crippen LogP contribution in [0.5, 0.6) is 0 Å². The SMILES string of the molecule is Cc1ccc(N(C)S(=O)(=O)Cc2ccc(CO)cc2)cc1. The maximum atomic E-state index is 12.4. The maximum Gasteiger partial charge on any atom is 0.239 e. The Kier molecular flexibility index (Phi) is 4.65. The van der Waals surface area contributed by atoms with E-state index in [0.29, 0.717) is 11.3 Å². The lowest BCUT2D eigenvalue weighted by atomic mass is 10.2. The number of aryl methyl sites for hydroxylation is 1. The van der Waals surface area contributed by atoms with Crippen LogP contribution in [0.1, 0.15) is 16.7 Å². The predicted molar refractivity (Wildman–Crippen MR) is 84.6 cm³/mol. The van der Waals surface area contributed by atoms with Gasteiger partial charge in [-0.3, -0.25) is 4.31 Å². The van der Waals surface area contributed by atoms with Gasteiger partial charge in [-0.25, -0.2) is 8.42 Å². The van der Waals surface area contributed by atoms with Crippen molar-refractivity contribution in [1.82, 2.24) is 0 Å². The van der Waals surface area contributed by atoms with E-state index in [9.17, 15) is 8.42 Å². The Morgan fingerprint density at radius 2 is 1.48 bits per heavy atom. The summed E-state index contributed by atoms with van der Waals surface area (Å²) in [5, 5.41) is 8.99. The van der Waals surface area contributed by atoms with E-state index in [1.165, 1.54) is 4.31 Å². The van der Waals surface area contributed by atoms with Crippen LogP contribution in [-0.2, 0) is 22.4 Å². The number of anilines is 1. The van der Waals surface area contributed by atoms with Crippen LogP contribution in [0.4, 0.5) is 5.69 Å². The summed E-state index contributed by atoms with van der Waals surface area (Å²) >= 11 is 0. The molecule has 0 aliphatic carbocycles. The molecule has 0 amide bonds. The van der Waals surface area contributed by atoms with Crippen molar-refractivity contribution >= 4 is 15.7 Å². The molecular formula is C16H19NO3S. The molecule has 0 spiro atoms. The van der Waals surface area contributed by atoms with Crippen LogP contribution in [-0.4, -0.2) is 20.6 Å². The molecule has 0 aliphatic rings. The van der Waals surface area contributed by atoms with Gasteiger partial charge in [0.25, 0.3) is 0 Å². The Labute approximate surface area is 125 Å². The first-order valence-electron chi connectivity index (χ1n) is 6.64. The third kappa shape index (κ3) is 3.83. The van der Waals surface area contributed by atoms with E-state index >= 15 is 0 Å². The quantitative estimate of drug-likeness (QED) is 0.923. The average Bonchev–Trinajstić information content (AvgIpc) is 2.48. The normalized spacial score (nSPS) is 11.4. The molecule has 0 aromatic heterocycles. The number of rotatable bonds is 5. The van der Waals surface area contributed by atoms with Crippen LogP contribution in [0.2, 0.25) is 0 Å². The van der Waals surface area contributed by atoms with Crippen LogP contribution in [0.3, 0.4) is 0 Å². The van der Waals surface area contributed by atoms with Crippen LogP contribution in [0, 0.1) is 6.92 Å². The lowest BCUT2D eigenvalue weighted by Gasteiger charge is -2.19. The summed E-state index contributed by atoms with van der Waals surface area (Å²) in [6.45, 7) is 1.91. The Balaban J connectivity index is 2.18. The smallest absolute Gasteiger partial charge is 0.239 e. The molecule has 2 aromatic carbocycles. The average molecular weight is 305 g/mol. The third-order valence-electron chi connectivity index (χ3n) is 3.37. The summed E-state index contributed by atoms with van der Waals surface area (Å²) in [6.07, 6.45) is 0. The molecule has 0 saturated heterocycles. The summed E-state index contributed by atoms with van der Waals surface area (Å²) in [6, 6.07) is 14.3. The number of nitrogens with zero attached hydrogens (tertiary/aromatic N) is 1. The molecule has 112 valence electrons. The highest BCUT2D eigenvalue weighted by Crippen LogP contribution is 2.19. The van der Waals surface area contributed by atoms with Crippen molar-refractivity contribution in [2.45, 2.75) is 19.3 Å². The van der Waals surface area contributed by atoms with Gasteiger partial charge in [-0.1, -0.05) is 42.0 Å². The zero-order valence-corrected chi connectivity index (χ0v) is 13.0. The summed E-state index contributed by atoms with van der Waals surface area (Å²) < 4.78 is 26.1. The molecular weight excluding hydrogens is 286 g/mol. The van der Waals surface area contributed by atoms with E-state index in [2.05, 4.69) is 0 Å². The van der Waals surface area contributed by atoms with Crippen molar-refractivity contribution in [1.29, 1.82) is 0 Å². The molecule has 0 radical (unpaired) electrons. The predicted octanol–water partition coefficient (Wildman–Crippen LogP) is 2.45. The van der Waals surface area contributed by atoms with Crippen molar-refractivity contribution < 1.29 is 13.5 Å². The minimum absolute atomic E-state index is 0.0453. The van der Waals surface area contributed by atoms with Gasteiger partial charge in [0.15, 0.2) is 0 Å². The molecule has 0 aliphatic heterocycles. The molecule has 2 rings (SSSR count). The summed E-state index contributed by atoms with van der Waals surface area (Å²) in [5.74, 6) is -0.0664. The van der Waals surface area contributed by atoms with Gasteiger partial charge in [-0.05, 0) is 30.2 Å². The monoisotopic (exact) mass is 305 g/mol. The first kappa shape index (κ1) is 15.5. The van der Waals surface area contributed by atoms with Crippen molar-refractivity contribution in [3.8, 4) is 0 Å². The molecule has 0 bridgehead atoms. The van der Waals surface area contributed by atoms with Crippen molar-refractivity contribution in [3.05, 3.63) is 65.2 Å². The second kappa shape index (κ2) is 6.28. The highest BCUT2D eigenvalue weighted by atomic mass is 32.2. The Hall–Kier alpha value is -1.85. The molecule has 0 fully saturated rings. The van der Waals surface area contributed by atoms with E-state index in [4.69, 9.17) is 5.11 Å². The zero-order valence-electron chi connectivity index (χ0n) is 12.2. The number of sulfonamides is 1. The van der Waals surface area contributed by atoms with Gasteiger partial charge >= 0.3 is 0 Å². The molecule has 0 saturated carbocycles. The van der Waals surface area contributed by atoms with Gasteiger partial charge in [0.1, 0.15) is 0 Å². The number of hydrogen-bond donors (Lipinski definition) is 1. The summed E-state index contributed by atoms with van der Waals surface area (Å²) in [5.41, 5.74) is 3.20. The molecule has 1 N–H and O–H groups in total. The molecule has 0 unspecified atom stereocenters. The highest BCUT2D eigenvalue weighted by molar-refractivity contribution is 7.92. The van der Waals surface area contributed by atoms with Gasteiger partial charge in [-0.15, -0.1) is 0 Å². The van der Waals surface area contributed by atoms with E-state index in [1.807, 2.05) is 19.1 Å². The minimum Gasteiger partial charge on any atom is -0.392 e. The number of benzene rings is 2. The van der Waals surface area contributed by atoms with Gasteiger partial charge < -0.3 is 5.11 Å². The largest absolute Gasteiger partial charge is 0.392 e. The minimum atomic E-state index is -3.43. The lowest BCUT2D eigenvalue weighted by Crippen LogP contribution is -2.27. The molecule has 2 aromatic rings. The van der Waals surface area contributed by atoms with Crippen LogP contribution < -0.4 is 4.31 Å². The van der Waals surface area contributed by atoms with Crippen molar-refractivity contribution in [3.63, 3.8) is 0 Å². The molecule has 0 heterocycles. The Morgan fingerprint density at radius 1 is 0.952 bits per heavy atom. The van der Waals surface area contributed by atoms with E-state index < -0.39 is 10.0 Å². The zero-order chi connectivity index (χ0) is 15.5. The standard InChI is InChI=1S/C16H19NO3S/c1-13-3-9-16(10-4-13)17(2)21(19,20)12-15-7-5-14(11-18)6-8-15/h3-10,18H,11-12H2,1-2H3. The number of aliphatic hydroxyl groups excluding tert-OH is 1. The van der Waals surface area contributed by atoms with Gasteiger partial charge in [-0.2, -0.15) is 0 Å². The molecule has 21 heavy (non-hydrogen) atoms. The molecule has 4 nitrogen and oxygen atoms in total. The lowest BCUT2D eigenvalue weighted by molar-refractivity contribution is 0.282. The topological polar surface area (TPSA) is 57.6 Å². The third-order valence-corrected chi connectivity index (χ3v) is 5.11. The van der Waals surface area contributed by atoms with Crippen LogP contribution in [0.25, 0.3) is 0 Å². The van der Waals surface area contributed by atoms with Crippen LogP contribution >= 0.6 is 0 Å². The van der Waals surface area contributed by atoms with Gasteiger partial charge in [0, 0.05) is 7.05 Å². The molecule has 5 heteroatoms. The number of hydrogen-bond acceptors (Lipinski definition) is 3. The fourth-order valence-electron chi connectivity index (χ4n) is 1.96. The Bertz CT molecular complexity index is 691. The van der Waals surface area contributed by atoms with E-state index in [0.717, 1.165) is 11.1 Å². The van der Waals surface area contributed by atoms with E-state index in [1.54, 1.807) is 43.4 Å². The Morgan fingerprint density at radius 3 is 2.00 bits per heavy atom. The van der Waals surface area contributed by atoms with E-state index in [-0.39, 0.29) is 12.4 Å². The fraction of sp³-hybridized carbons (Fsp3) is 0.250. The molecule has 0 atom stereocenters.